The van der Waals surface area contributed by atoms with Crippen molar-refractivity contribution < 1.29 is 17.0 Å². The number of hydrogen-bond donors (Lipinski definition) is 0. The third-order valence-electron chi connectivity index (χ3n) is 4.53. The number of hydrogen-bond acceptors (Lipinski definition) is 0. The second-order valence-electron chi connectivity index (χ2n) is 6.32. The van der Waals surface area contributed by atoms with Crippen molar-refractivity contribution in [2.45, 2.75) is 13.8 Å². The minimum absolute atomic E-state index is 0. The van der Waals surface area contributed by atoms with Crippen molar-refractivity contribution in [3.63, 3.8) is 0 Å². The fourth-order valence-electron chi connectivity index (χ4n) is 3.29. The summed E-state index contributed by atoms with van der Waals surface area (Å²) in [6.07, 6.45) is 0. The van der Waals surface area contributed by atoms with Gasteiger partial charge in [0.1, 0.15) is 23.2 Å². The lowest BCUT2D eigenvalue weighted by atomic mass is 10.2. The summed E-state index contributed by atoms with van der Waals surface area (Å²) in [6.45, 7) is 9.12. The normalized spacial score (nSPS) is 11.0. The predicted octanol–water partition coefficient (Wildman–Crippen LogP) is 2.15. The lowest BCUT2D eigenvalue weighted by Crippen LogP contribution is -3.00. The summed E-state index contributed by atoms with van der Waals surface area (Å²) in [5, 5.41) is 5.45. The van der Waals surface area contributed by atoms with Crippen LogP contribution in [0.25, 0.3) is 0 Å². The minimum Gasteiger partial charge on any atom is -1.00 e. The molecule has 0 amide bonds. The maximum atomic E-state index is 4.61. The first-order valence-corrected chi connectivity index (χ1v) is 10.2. The summed E-state index contributed by atoms with van der Waals surface area (Å²) in [7, 11) is -1.89. The molecule has 0 aliphatic carbocycles. The second-order valence-corrected chi connectivity index (χ2v) is 9.79. The Kier molecular flexibility index (Phi) is 6.76. The minimum atomic E-state index is -1.89. The number of benzene rings is 3. The van der Waals surface area contributed by atoms with Crippen LogP contribution in [0.2, 0.25) is 0 Å². The van der Waals surface area contributed by atoms with Gasteiger partial charge in [0.15, 0.2) is 0 Å². The van der Waals surface area contributed by atoms with E-state index >= 15 is 0 Å². The lowest BCUT2D eigenvalue weighted by Gasteiger charge is -2.30. The molecule has 0 saturated carbocycles. The summed E-state index contributed by atoms with van der Waals surface area (Å²) in [6, 6.07) is 32.7. The third-order valence-corrected chi connectivity index (χ3v) is 9.12. The van der Waals surface area contributed by atoms with Gasteiger partial charge in [-0.1, -0.05) is 75.0 Å². The van der Waals surface area contributed by atoms with E-state index in [-0.39, 0.29) is 17.0 Å². The average molecular weight is 411 g/mol. The van der Waals surface area contributed by atoms with Crippen molar-refractivity contribution in [3.8, 4) is 0 Å². The Morgan fingerprint density at radius 3 is 1.16 bits per heavy atom. The molecule has 0 bridgehead atoms. The van der Waals surface area contributed by atoms with Crippen LogP contribution in [0, 0.1) is 5.92 Å². The molecule has 0 spiro atoms. The van der Waals surface area contributed by atoms with Crippen LogP contribution in [0.4, 0.5) is 0 Å². The monoisotopic (exact) mass is 410 g/mol. The molecule has 0 radical (unpaired) electrons. The Balaban J connectivity index is 0.00000225. The SMILES string of the molecule is C=C(C(C)C)[P+](c1ccccc1)(c1ccccc1)c1ccccc1.[Br-]. The quantitative estimate of drug-likeness (QED) is 0.565. The first-order valence-electron chi connectivity index (χ1n) is 8.42. The van der Waals surface area contributed by atoms with Gasteiger partial charge in [0, 0.05) is 5.92 Å². The fourth-order valence-corrected chi connectivity index (χ4v) is 7.81. The van der Waals surface area contributed by atoms with E-state index in [0.29, 0.717) is 5.92 Å². The molecule has 0 aliphatic rings. The van der Waals surface area contributed by atoms with Crippen molar-refractivity contribution in [2.75, 3.05) is 0 Å². The molecule has 0 fully saturated rings. The first kappa shape index (κ1) is 19.6. The zero-order valence-corrected chi connectivity index (χ0v) is 17.3. The van der Waals surface area contributed by atoms with Crippen LogP contribution < -0.4 is 32.9 Å². The summed E-state index contributed by atoms with van der Waals surface area (Å²) in [5.74, 6) is 0.416. The zero-order chi connectivity index (χ0) is 17.0. The molecule has 0 saturated heterocycles. The molecule has 128 valence electrons. The summed E-state index contributed by atoms with van der Waals surface area (Å²) in [4.78, 5) is 0. The van der Waals surface area contributed by atoms with E-state index in [1.165, 1.54) is 21.2 Å². The second kappa shape index (κ2) is 8.61. The molecule has 0 atom stereocenters. The Morgan fingerprint density at radius 2 is 0.920 bits per heavy atom. The highest BCUT2D eigenvalue weighted by molar-refractivity contribution is 7.99. The molecule has 25 heavy (non-hydrogen) atoms. The molecule has 0 heterocycles. The van der Waals surface area contributed by atoms with Crippen molar-refractivity contribution >= 4 is 23.2 Å². The summed E-state index contributed by atoms with van der Waals surface area (Å²) >= 11 is 0. The molecule has 2 heteroatoms. The molecule has 3 aromatic carbocycles. The topological polar surface area (TPSA) is 0 Å². The number of rotatable bonds is 5. The van der Waals surface area contributed by atoms with Gasteiger partial charge in [0.2, 0.25) is 0 Å². The van der Waals surface area contributed by atoms with Crippen LogP contribution in [0.1, 0.15) is 13.8 Å². The lowest BCUT2D eigenvalue weighted by molar-refractivity contribution is -0.00000481. The predicted molar refractivity (Wildman–Crippen MR) is 109 cm³/mol. The van der Waals surface area contributed by atoms with Gasteiger partial charge in [-0.2, -0.15) is 0 Å². The van der Waals surface area contributed by atoms with Gasteiger partial charge in [0.25, 0.3) is 0 Å². The Hall–Kier alpha value is -1.69. The average Bonchev–Trinajstić information content (AvgIpc) is 2.65. The largest absolute Gasteiger partial charge is 1.00 e. The van der Waals surface area contributed by atoms with Crippen molar-refractivity contribution in [1.82, 2.24) is 0 Å². The van der Waals surface area contributed by atoms with Gasteiger partial charge < -0.3 is 17.0 Å². The molecular weight excluding hydrogens is 387 g/mol. The van der Waals surface area contributed by atoms with Crippen LogP contribution in [-0.2, 0) is 0 Å². The standard InChI is InChI=1S/C23H24P.BrH/c1-19(2)20(3)24(21-13-7-4-8-14-21,22-15-9-5-10-16-22)23-17-11-6-12-18-23;/h4-19H,3H2,1-2H3;1H/q+1;/p-1. The Labute approximate surface area is 162 Å². The van der Waals surface area contributed by atoms with Crippen molar-refractivity contribution in [3.05, 3.63) is 103 Å². The molecule has 0 N–H and O–H groups in total. The van der Waals surface area contributed by atoms with E-state index in [1.54, 1.807) is 0 Å². The first-order chi connectivity index (χ1) is 11.7. The van der Waals surface area contributed by atoms with E-state index < -0.39 is 7.26 Å². The molecule has 0 nitrogen and oxygen atoms in total. The molecule has 0 aromatic heterocycles. The van der Waals surface area contributed by atoms with E-state index in [4.69, 9.17) is 0 Å². The van der Waals surface area contributed by atoms with Gasteiger partial charge in [-0.05, 0) is 36.4 Å². The van der Waals surface area contributed by atoms with Crippen molar-refractivity contribution in [1.29, 1.82) is 0 Å². The zero-order valence-electron chi connectivity index (χ0n) is 14.8. The van der Waals surface area contributed by atoms with Crippen LogP contribution in [-0.4, -0.2) is 0 Å². The van der Waals surface area contributed by atoms with Crippen LogP contribution in [0.15, 0.2) is 103 Å². The van der Waals surface area contributed by atoms with Gasteiger partial charge in [-0.3, -0.25) is 0 Å². The highest BCUT2D eigenvalue weighted by Gasteiger charge is 2.49. The van der Waals surface area contributed by atoms with E-state index in [1.807, 2.05) is 0 Å². The highest BCUT2D eigenvalue weighted by atomic mass is 79.9. The van der Waals surface area contributed by atoms with Crippen LogP contribution in [0.5, 0.6) is 0 Å². The van der Waals surface area contributed by atoms with Crippen LogP contribution in [0.3, 0.4) is 0 Å². The summed E-state index contributed by atoms with van der Waals surface area (Å²) < 4.78 is 0. The van der Waals surface area contributed by atoms with Crippen LogP contribution >= 0.6 is 7.26 Å². The van der Waals surface area contributed by atoms with E-state index in [0.717, 1.165) is 0 Å². The van der Waals surface area contributed by atoms with Gasteiger partial charge in [0.05, 0.1) is 5.31 Å². The molecular formula is C23H24BrP. The van der Waals surface area contributed by atoms with Gasteiger partial charge in [-0.25, -0.2) is 0 Å². The molecule has 0 aliphatic heterocycles. The molecule has 0 unspecified atom stereocenters. The maximum absolute atomic E-state index is 4.61. The molecule has 3 aromatic rings. The van der Waals surface area contributed by atoms with Gasteiger partial charge >= 0.3 is 0 Å². The van der Waals surface area contributed by atoms with E-state index in [2.05, 4.69) is 111 Å². The third kappa shape index (κ3) is 3.64. The summed E-state index contributed by atoms with van der Waals surface area (Å²) in [5.41, 5.74) is 0. The van der Waals surface area contributed by atoms with E-state index in [9.17, 15) is 0 Å². The smallest absolute Gasteiger partial charge is 0.139 e. The van der Waals surface area contributed by atoms with Crippen molar-refractivity contribution in [2.24, 2.45) is 5.92 Å². The molecule has 3 rings (SSSR count). The maximum Gasteiger partial charge on any atom is 0.139 e. The number of allylic oxidation sites excluding steroid dienone is 1. The Bertz CT molecular complexity index is 699. The fraction of sp³-hybridized carbons (Fsp3) is 0.130. The number of halogens is 1. The van der Waals surface area contributed by atoms with Gasteiger partial charge in [-0.15, -0.1) is 0 Å². The Morgan fingerprint density at radius 1 is 0.640 bits per heavy atom. The highest BCUT2D eigenvalue weighted by Crippen LogP contribution is 2.63.